The molecule has 1 aromatic carbocycles. The monoisotopic (exact) mass is 320 g/mol. The Morgan fingerprint density at radius 3 is 3.10 bits per heavy atom. The van der Waals surface area contributed by atoms with E-state index in [0.29, 0.717) is 18.0 Å². The largest absolute Gasteiger partial charge is 0.355 e. The van der Waals surface area contributed by atoms with Gasteiger partial charge < -0.3 is 5.32 Å². The third kappa shape index (κ3) is 3.22. The molecule has 108 valence electrons. The molecule has 2 aromatic heterocycles. The second-order valence-electron chi connectivity index (χ2n) is 4.58. The summed E-state index contributed by atoms with van der Waals surface area (Å²) < 4.78 is 1.94. The lowest BCUT2D eigenvalue weighted by Crippen LogP contribution is -2.27. The molecule has 0 radical (unpaired) electrons. The zero-order valence-corrected chi connectivity index (χ0v) is 12.7. The van der Waals surface area contributed by atoms with Crippen LogP contribution in [-0.4, -0.2) is 27.0 Å². The molecule has 1 N–H and O–H groups in total. The highest BCUT2D eigenvalue weighted by atomic mass is 35.5. The number of fused-ring (bicyclic) bond motifs is 1. The van der Waals surface area contributed by atoms with E-state index in [2.05, 4.69) is 15.5 Å². The summed E-state index contributed by atoms with van der Waals surface area (Å²) in [4.78, 5) is 12.8. The van der Waals surface area contributed by atoms with Crippen molar-refractivity contribution in [3.05, 3.63) is 52.3 Å². The van der Waals surface area contributed by atoms with E-state index >= 15 is 0 Å². The smallest absolute Gasteiger partial charge is 0.224 e. The molecule has 0 saturated heterocycles. The fourth-order valence-corrected chi connectivity index (χ4v) is 3.11. The van der Waals surface area contributed by atoms with Crippen molar-refractivity contribution in [1.82, 2.24) is 19.9 Å². The number of hydrogen-bond acceptors (Lipinski definition) is 4. The predicted octanol–water partition coefficient (Wildman–Crippen LogP) is 2.35. The number of amides is 1. The molecule has 0 saturated carbocycles. The van der Waals surface area contributed by atoms with Gasteiger partial charge >= 0.3 is 0 Å². The van der Waals surface area contributed by atoms with E-state index in [1.165, 1.54) is 0 Å². The molecule has 0 aliphatic carbocycles. The number of rotatable bonds is 5. The number of nitrogens with zero attached hydrogens (tertiary/aromatic N) is 3. The first kappa shape index (κ1) is 14.0. The van der Waals surface area contributed by atoms with Gasteiger partial charge in [-0.25, -0.2) is 0 Å². The van der Waals surface area contributed by atoms with Crippen molar-refractivity contribution < 1.29 is 4.79 Å². The van der Waals surface area contributed by atoms with Crippen molar-refractivity contribution in [3.63, 3.8) is 0 Å². The van der Waals surface area contributed by atoms with E-state index in [-0.39, 0.29) is 5.91 Å². The number of thiazole rings is 1. The average molecular weight is 321 g/mol. The van der Waals surface area contributed by atoms with Gasteiger partial charge in [0, 0.05) is 29.1 Å². The summed E-state index contributed by atoms with van der Waals surface area (Å²) >= 11 is 7.58. The molecule has 3 rings (SSSR count). The van der Waals surface area contributed by atoms with Crippen LogP contribution in [0.4, 0.5) is 0 Å². The van der Waals surface area contributed by atoms with E-state index in [1.54, 1.807) is 23.7 Å². The predicted molar refractivity (Wildman–Crippen MR) is 82.7 cm³/mol. The zero-order chi connectivity index (χ0) is 14.7. The molecule has 0 fully saturated rings. The molecular formula is C14H13ClN4OS. The van der Waals surface area contributed by atoms with Crippen LogP contribution in [0.15, 0.2) is 36.0 Å². The minimum Gasteiger partial charge on any atom is -0.355 e. The number of carbonyl (C=O) groups is 1. The van der Waals surface area contributed by atoms with Crippen molar-refractivity contribution in [2.45, 2.75) is 12.8 Å². The maximum Gasteiger partial charge on any atom is 0.224 e. The molecule has 0 spiro atoms. The lowest BCUT2D eigenvalue weighted by molar-refractivity contribution is -0.120. The number of hydrogen-bond donors (Lipinski definition) is 1. The highest BCUT2D eigenvalue weighted by molar-refractivity contribution is 7.15. The first-order chi connectivity index (χ1) is 10.2. The van der Waals surface area contributed by atoms with E-state index < -0.39 is 0 Å². The Morgan fingerprint density at radius 2 is 2.24 bits per heavy atom. The minimum atomic E-state index is -0.0293. The Morgan fingerprint density at radius 1 is 1.38 bits per heavy atom. The molecule has 21 heavy (non-hydrogen) atoms. The number of halogens is 1. The average Bonchev–Trinajstić information content (AvgIpc) is 3.06. The molecule has 0 unspecified atom stereocenters. The fraction of sp³-hybridized carbons (Fsp3) is 0.214. The SMILES string of the molecule is O=C(Cc1ccccc1Cl)NCCc1csc2nncn12. The number of carbonyl (C=O) groups excluding carboxylic acids is 1. The Hall–Kier alpha value is -1.92. The van der Waals surface area contributed by atoms with Crippen LogP contribution in [0.3, 0.4) is 0 Å². The normalized spacial score (nSPS) is 10.9. The Bertz CT molecular complexity index is 767. The van der Waals surface area contributed by atoms with Gasteiger partial charge in [-0.15, -0.1) is 21.5 Å². The highest BCUT2D eigenvalue weighted by Crippen LogP contribution is 2.15. The van der Waals surface area contributed by atoms with Crippen molar-refractivity contribution in [3.8, 4) is 0 Å². The first-order valence-corrected chi connectivity index (χ1v) is 7.76. The molecule has 2 heterocycles. The Balaban J connectivity index is 1.52. The van der Waals surface area contributed by atoms with Gasteiger partial charge in [-0.2, -0.15) is 0 Å². The fourth-order valence-electron chi connectivity index (χ4n) is 2.07. The maximum atomic E-state index is 11.9. The Kier molecular flexibility index (Phi) is 4.17. The second-order valence-corrected chi connectivity index (χ2v) is 5.82. The van der Waals surface area contributed by atoms with Gasteiger partial charge in [-0.1, -0.05) is 29.8 Å². The third-order valence-electron chi connectivity index (χ3n) is 3.14. The summed E-state index contributed by atoms with van der Waals surface area (Å²) in [6.45, 7) is 0.577. The topological polar surface area (TPSA) is 59.3 Å². The van der Waals surface area contributed by atoms with Crippen LogP contribution in [0.5, 0.6) is 0 Å². The van der Waals surface area contributed by atoms with Crippen molar-refractivity contribution >= 4 is 33.8 Å². The van der Waals surface area contributed by atoms with Gasteiger partial charge in [0.15, 0.2) is 0 Å². The van der Waals surface area contributed by atoms with Crippen LogP contribution >= 0.6 is 22.9 Å². The van der Waals surface area contributed by atoms with E-state index in [1.807, 2.05) is 28.0 Å². The number of nitrogens with one attached hydrogen (secondary N) is 1. The van der Waals surface area contributed by atoms with Crippen molar-refractivity contribution in [1.29, 1.82) is 0 Å². The standard InChI is InChI=1S/C14H13ClN4OS/c15-12-4-2-1-3-10(12)7-13(20)16-6-5-11-8-21-14-18-17-9-19(11)14/h1-4,8-9H,5-7H2,(H,16,20). The summed E-state index contributed by atoms with van der Waals surface area (Å²) in [6, 6.07) is 7.38. The molecule has 0 atom stereocenters. The van der Waals surface area contributed by atoms with Gasteiger partial charge in [0.05, 0.1) is 6.42 Å². The van der Waals surface area contributed by atoms with E-state index in [4.69, 9.17) is 11.6 Å². The van der Waals surface area contributed by atoms with Gasteiger partial charge in [0.1, 0.15) is 6.33 Å². The first-order valence-electron chi connectivity index (χ1n) is 6.50. The summed E-state index contributed by atoms with van der Waals surface area (Å²) in [7, 11) is 0. The molecule has 0 aliphatic heterocycles. The quantitative estimate of drug-likeness (QED) is 0.785. The molecule has 3 aromatic rings. The Labute approximate surface area is 130 Å². The minimum absolute atomic E-state index is 0.0293. The van der Waals surface area contributed by atoms with Crippen LogP contribution in [0, 0.1) is 0 Å². The lowest BCUT2D eigenvalue weighted by Gasteiger charge is -2.06. The van der Waals surface area contributed by atoms with Crippen molar-refractivity contribution in [2.24, 2.45) is 0 Å². The second kappa shape index (κ2) is 6.24. The van der Waals surface area contributed by atoms with E-state index in [0.717, 1.165) is 22.6 Å². The van der Waals surface area contributed by atoms with Crippen LogP contribution in [0.2, 0.25) is 5.02 Å². The van der Waals surface area contributed by atoms with Gasteiger partial charge in [0.25, 0.3) is 0 Å². The third-order valence-corrected chi connectivity index (χ3v) is 4.39. The molecular weight excluding hydrogens is 308 g/mol. The zero-order valence-electron chi connectivity index (χ0n) is 11.1. The summed E-state index contributed by atoms with van der Waals surface area (Å²) in [6.07, 6.45) is 2.73. The van der Waals surface area contributed by atoms with Crippen LogP contribution in [0.25, 0.3) is 4.96 Å². The highest BCUT2D eigenvalue weighted by Gasteiger charge is 2.08. The van der Waals surface area contributed by atoms with Crippen molar-refractivity contribution in [2.75, 3.05) is 6.54 Å². The molecule has 0 bridgehead atoms. The van der Waals surface area contributed by atoms with E-state index in [9.17, 15) is 4.79 Å². The van der Waals surface area contributed by atoms with Crippen LogP contribution in [0.1, 0.15) is 11.3 Å². The molecule has 7 heteroatoms. The van der Waals surface area contributed by atoms with Gasteiger partial charge in [0.2, 0.25) is 10.9 Å². The summed E-state index contributed by atoms with van der Waals surface area (Å²) in [5.74, 6) is -0.0293. The summed E-state index contributed by atoms with van der Waals surface area (Å²) in [5, 5.41) is 13.4. The van der Waals surface area contributed by atoms with Crippen LogP contribution < -0.4 is 5.32 Å². The number of benzene rings is 1. The maximum absolute atomic E-state index is 11.9. The molecule has 0 aliphatic rings. The lowest BCUT2D eigenvalue weighted by atomic mass is 10.1. The van der Waals surface area contributed by atoms with Gasteiger partial charge in [-0.3, -0.25) is 9.20 Å². The molecule has 5 nitrogen and oxygen atoms in total. The molecule has 1 amide bonds. The summed E-state index contributed by atoms with van der Waals surface area (Å²) in [5.41, 5.74) is 1.94. The number of aromatic nitrogens is 3. The van der Waals surface area contributed by atoms with Gasteiger partial charge in [-0.05, 0) is 11.6 Å². The van der Waals surface area contributed by atoms with Crippen LogP contribution in [-0.2, 0) is 17.6 Å².